The lowest BCUT2D eigenvalue weighted by Gasteiger charge is -2.11. The van der Waals surface area contributed by atoms with Gasteiger partial charge in [0, 0.05) is 12.1 Å². The minimum Gasteiger partial charge on any atom is -0.313 e. The standard InChI is InChI=1S/C10H18N4/c1-3-8(2)11-6-10-13-12-7-14(10)9-4-5-9/h7-9,11H,3-6H2,1-2H3. The molecule has 1 heterocycles. The molecule has 1 aliphatic rings. The van der Waals surface area contributed by atoms with E-state index in [1.807, 2.05) is 6.33 Å². The van der Waals surface area contributed by atoms with Crippen LogP contribution in [0.3, 0.4) is 0 Å². The quantitative estimate of drug-likeness (QED) is 0.772. The third-order valence-corrected chi connectivity index (χ3v) is 2.81. The van der Waals surface area contributed by atoms with Crippen LogP contribution in [0.25, 0.3) is 0 Å². The Labute approximate surface area is 84.7 Å². The third-order valence-electron chi connectivity index (χ3n) is 2.81. The zero-order chi connectivity index (χ0) is 9.97. The largest absolute Gasteiger partial charge is 0.313 e. The topological polar surface area (TPSA) is 42.7 Å². The molecular weight excluding hydrogens is 176 g/mol. The van der Waals surface area contributed by atoms with Gasteiger partial charge in [0.25, 0.3) is 0 Å². The van der Waals surface area contributed by atoms with Gasteiger partial charge in [0.15, 0.2) is 0 Å². The van der Waals surface area contributed by atoms with Crippen LogP contribution in [0, 0.1) is 0 Å². The minimum absolute atomic E-state index is 0.555. The average molecular weight is 194 g/mol. The van der Waals surface area contributed by atoms with Crippen molar-refractivity contribution >= 4 is 0 Å². The fraction of sp³-hybridized carbons (Fsp3) is 0.800. The van der Waals surface area contributed by atoms with Gasteiger partial charge in [-0.05, 0) is 26.2 Å². The van der Waals surface area contributed by atoms with E-state index < -0.39 is 0 Å². The number of aromatic nitrogens is 3. The van der Waals surface area contributed by atoms with Crippen LogP contribution >= 0.6 is 0 Å². The lowest BCUT2D eigenvalue weighted by Crippen LogP contribution is -2.26. The van der Waals surface area contributed by atoms with Gasteiger partial charge < -0.3 is 9.88 Å². The molecule has 1 atom stereocenters. The highest BCUT2D eigenvalue weighted by Gasteiger charge is 2.25. The predicted molar refractivity (Wildman–Crippen MR) is 54.9 cm³/mol. The van der Waals surface area contributed by atoms with Gasteiger partial charge in [0.1, 0.15) is 12.2 Å². The molecule has 1 aromatic heterocycles. The average Bonchev–Trinajstić information content (AvgIpc) is 2.94. The Morgan fingerprint density at radius 3 is 3.07 bits per heavy atom. The van der Waals surface area contributed by atoms with Gasteiger partial charge in [-0.25, -0.2) is 0 Å². The maximum Gasteiger partial charge on any atom is 0.147 e. The molecule has 1 fully saturated rings. The van der Waals surface area contributed by atoms with E-state index in [0.29, 0.717) is 12.1 Å². The molecule has 1 N–H and O–H groups in total. The van der Waals surface area contributed by atoms with Crippen molar-refractivity contribution in [1.82, 2.24) is 20.1 Å². The molecular formula is C10H18N4. The summed E-state index contributed by atoms with van der Waals surface area (Å²) >= 11 is 0. The van der Waals surface area contributed by atoms with E-state index in [9.17, 15) is 0 Å². The Morgan fingerprint density at radius 2 is 2.43 bits per heavy atom. The van der Waals surface area contributed by atoms with Crippen molar-refractivity contribution in [2.24, 2.45) is 0 Å². The van der Waals surface area contributed by atoms with Crippen molar-refractivity contribution in [1.29, 1.82) is 0 Å². The van der Waals surface area contributed by atoms with Crippen LogP contribution in [-0.4, -0.2) is 20.8 Å². The normalized spacial score (nSPS) is 18.4. The number of nitrogens with one attached hydrogen (secondary N) is 1. The molecule has 4 nitrogen and oxygen atoms in total. The highest BCUT2D eigenvalue weighted by molar-refractivity contribution is 4.94. The monoisotopic (exact) mass is 194 g/mol. The summed E-state index contributed by atoms with van der Waals surface area (Å²) in [5, 5.41) is 11.5. The van der Waals surface area contributed by atoms with Gasteiger partial charge in [0.2, 0.25) is 0 Å². The van der Waals surface area contributed by atoms with E-state index >= 15 is 0 Å². The van der Waals surface area contributed by atoms with Gasteiger partial charge in [0.05, 0.1) is 6.54 Å². The summed E-state index contributed by atoms with van der Waals surface area (Å²) in [6.45, 7) is 5.21. The third kappa shape index (κ3) is 2.12. The second-order valence-electron chi connectivity index (χ2n) is 4.08. The number of nitrogens with zero attached hydrogens (tertiary/aromatic N) is 3. The van der Waals surface area contributed by atoms with Gasteiger partial charge in [-0.15, -0.1) is 10.2 Å². The van der Waals surface area contributed by atoms with Crippen LogP contribution in [0.1, 0.15) is 45.0 Å². The Kier molecular flexibility index (Phi) is 2.82. The van der Waals surface area contributed by atoms with Crippen LogP contribution in [-0.2, 0) is 6.54 Å². The first-order valence-corrected chi connectivity index (χ1v) is 5.43. The Morgan fingerprint density at radius 1 is 1.64 bits per heavy atom. The summed E-state index contributed by atoms with van der Waals surface area (Å²) in [6.07, 6.45) is 5.58. The molecule has 0 radical (unpaired) electrons. The van der Waals surface area contributed by atoms with E-state index in [4.69, 9.17) is 0 Å². The van der Waals surface area contributed by atoms with Crippen LogP contribution < -0.4 is 5.32 Å². The van der Waals surface area contributed by atoms with Gasteiger partial charge in [-0.3, -0.25) is 0 Å². The Balaban J connectivity index is 1.91. The number of hydrogen-bond acceptors (Lipinski definition) is 3. The van der Waals surface area contributed by atoms with E-state index in [-0.39, 0.29) is 0 Å². The summed E-state index contributed by atoms with van der Waals surface area (Å²) in [5.74, 6) is 1.08. The summed E-state index contributed by atoms with van der Waals surface area (Å²) in [7, 11) is 0. The fourth-order valence-corrected chi connectivity index (χ4v) is 1.46. The van der Waals surface area contributed by atoms with Crippen molar-refractivity contribution in [2.45, 2.75) is 51.7 Å². The summed E-state index contributed by atoms with van der Waals surface area (Å²) in [4.78, 5) is 0. The van der Waals surface area contributed by atoms with Gasteiger partial charge >= 0.3 is 0 Å². The van der Waals surface area contributed by atoms with Crippen LogP contribution in [0.2, 0.25) is 0 Å². The number of hydrogen-bond donors (Lipinski definition) is 1. The fourth-order valence-electron chi connectivity index (χ4n) is 1.46. The maximum absolute atomic E-state index is 4.13. The molecule has 0 aliphatic heterocycles. The van der Waals surface area contributed by atoms with E-state index in [1.54, 1.807) is 0 Å². The van der Waals surface area contributed by atoms with Gasteiger partial charge in [-0.1, -0.05) is 6.92 Å². The van der Waals surface area contributed by atoms with Crippen molar-refractivity contribution in [3.8, 4) is 0 Å². The molecule has 1 saturated carbocycles. The molecule has 0 spiro atoms. The Bertz CT molecular complexity index is 290. The zero-order valence-electron chi connectivity index (χ0n) is 8.90. The molecule has 78 valence electrons. The van der Waals surface area contributed by atoms with Crippen molar-refractivity contribution in [2.75, 3.05) is 0 Å². The summed E-state index contributed by atoms with van der Waals surface area (Å²) in [5.41, 5.74) is 0. The second kappa shape index (κ2) is 4.09. The first kappa shape index (κ1) is 9.65. The first-order valence-electron chi connectivity index (χ1n) is 5.43. The highest BCUT2D eigenvalue weighted by Crippen LogP contribution is 2.35. The molecule has 1 unspecified atom stereocenters. The molecule has 1 aliphatic carbocycles. The molecule has 0 amide bonds. The Hall–Kier alpha value is -0.900. The summed E-state index contributed by atoms with van der Waals surface area (Å²) < 4.78 is 2.20. The van der Waals surface area contributed by atoms with E-state index in [0.717, 1.165) is 18.8 Å². The highest BCUT2D eigenvalue weighted by atomic mass is 15.3. The molecule has 0 aromatic carbocycles. The zero-order valence-corrected chi connectivity index (χ0v) is 8.90. The predicted octanol–water partition coefficient (Wildman–Crippen LogP) is 1.50. The van der Waals surface area contributed by atoms with Gasteiger partial charge in [-0.2, -0.15) is 0 Å². The van der Waals surface area contributed by atoms with Crippen LogP contribution in [0.15, 0.2) is 6.33 Å². The maximum atomic E-state index is 4.13. The summed E-state index contributed by atoms with van der Waals surface area (Å²) in [6, 6.07) is 1.23. The first-order chi connectivity index (χ1) is 6.81. The van der Waals surface area contributed by atoms with E-state index in [2.05, 4.69) is 33.9 Å². The van der Waals surface area contributed by atoms with Crippen molar-refractivity contribution in [3.05, 3.63) is 12.2 Å². The smallest absolute Gasteiger partial charge is 0.147 e. The van der Waals surface area contributed by atoms with Crippen molar-refractivity contribution in [3.63, 3.8) is 0 Å². The van der Waals surface area contributed by atoms with Crippen molar-refractivity contribution < 1.29 is 0 Å². The lowest BCUT2D eigenvalue weighted by molar-refractivity contribution is 0.508. The van der Waals surface area contributed by atoms with E-state index in [1.165, 1.54) is 12.8 Å². The second-order valence-corrected chi connectivity index (χ2v) is 4.08. The van der Waals surface area contributed by atoms with Crippen LogP contribution in [0.4, 0.5) is 0 Å². The molecule has 4 heteroatoms. The van der Waals surface area contributed by atoms with Crippen LogP contribution in [0.5, 0.6) is 0 Å². The molecule has 2 rings (SSSR count). The molecule has 0 saturated heterocycles. The molecule has 0 bridgehead atoms. The SMILES string of the molecule is CCC(C)NCc1nncn1C1CC1. The lowest BCUT2D eigenvalue weighted by atomic mass is 10.2. The molecule has 1 aromatic rings. The molecule has 14 heavy (non-hydrogen) atoms. The minimum atomic E-state index is 0.555. The number of rotatable bonds is 5.